The first-order valence-corrected chi connectivity index (χ1v) is 7.59. The van der Waals surface area contributed by atoms with Gasteiger partial charge in [-0.1, -0.05) is 6.08 Å². The second kappa shape index (κ2) is 8.94. The van der Waals surface area contributed by atoms with E-state index in [0.717, 1.165) is 0 Å². The van der Waals surface area contributed by atoms with E-state index in [-0.39, 0.29) is 0 Å². The van der Waals surface area contributed by atoms with Crippen molar-refractivity contribution in [3.05, 3.63) is 12.7 Å². The fourth-order valence-corrected chi connectivity index (χ4v) is 3.47. The van der Waals surface area contributed by atoms with E-state index in [0.29, 0.717) is 32.4 Å². The predicted octanol–water partition coefficient (Wildman–Crippen LogP) is 3.23. The summed E-state index contributed by atoms with van der Waals surface area (Å²) in [5.41, 5.74) is 0. The molecule has 0 aliphatic rings. The van der Waals surface area contributed by atoms with Gasteiger partial charge in [-0.15, -0.1) is 6.58 Å². The molecule has 0 aromatic rings. The number of allylic oxidation sites excluding steroid dienone is 1. The van der Waals surface area contributed by atoms with Gasteiger partial charge in [0, 0.05) is 19.4 Å². The van der Waals surface area contributed by atoms with Crippen LogP contribution in [0.3, 0.4) is 0 Å². The summed E-state index contributed by atoms with van der Waals surface area (Å²) in [5.74, 6) is 0. The van der Waals surface area contributed by atoms with E-state index in [1.54, 1.807) is 6.08 Å². The van der Waals surface area contributed by atoms with E-state index in [9.17, 15) is 4.57 Å². The van der Waals surface area contributed by atoms with Crippen LogP contribution in [0.1, 0.15) is 27.2 Å². The molecule has 0 saturated heterocycles. The molecule has 96 valence electrons. The second-order valence-electron chi connectivity index (χ2n) is 3.16. The third-order valence-corrected chi connectivity index (χ3v) is 4.45. The van der Waals surface area contributed by atoms with Crippen LogP contribution in [0.4, 0.5) is 0 Å². The first kappa shape index (κ1) is 15.9. The lowest BCUT2D eigenvalue weighted by atomic mass is 10.5. The molecule has 0 aromatic heterocycles. The van der Waals surface area contributed by atoms with Gasteiger partial charge in [0.2, 0.25) is 6.03 Å². The van der Waals surface area contributed by atoms with E-state index < -0.39 is 13.4 Å². The highest BCUT2D eigenvalue weighted by atomic mass is 31.2. The van der Waals surface area contributed by atoms with Gasteiger partial charge in [0.15, 0.2) is 0 Å². The van der Waals surface area contributed by atoms with Crippen molar-refractivity contribution in [2.24, 2.45) is 0 Å². The average Bonchev–Trinajstić information content (AvgIpc) is 2.26. The molecule has 0 rings (SSSR count). The number of hydrogen-bond acceptors (Lipinski definition) is 4. The summed E-state index contributed by atoms with van der Waals surface area (Å²) in [7, 11) is -2.89. The van der Waals surface area contributed by atoms with Gasteiger partial charge in [0.25, 0.3) is 7.37 Å². The molecule has 0 heterocycles. The van der Waals surface area contributed by atoms with E-state index >= 15 is 0 Å². The van der Waals surface area contributed by atoms with Crippen LogP contribution in [0.25, 0.3) is 0 Å². The minimum absolute atomic E-state index is 0.394. The zero-order chi connectivity index (χ0) is 12.4. The SMILES string of the molecule is C=CCCP(=O)(OCC)C(OCC)OCC. The van der Waals surface area contributed by atoms with Gasteiger partial charge in [0.1, 0.15) is 0 Å². The summed E-state index contributed by atoms with van der Waals surface area (Å²) in [4.78, 5) is 0. The third-order valence-electron chi connectivity index (χ3n) is 1.93. The van der Waals surface area contributed by atoms with Crippen LogP contribution < -0.4 is 0 Å². The minimum atomic E-state index is -2.89. The molecule has 0 fully saturated rings. The summed E-state index contributed by atoms with van der Waals surface area (Å²) in [6.45, 7) is 10.4. The Morgan fingerprint density at radius 2 is 1.75 bits per heavy atom. The van der Waals surface area contributed by atoms with Crippen molar-refractivity contribution in [2.75, 3.05) is 26.0 Å². The van der Waals surface area contributed by atoms with Crippen molar-refractivity contribution in [3.8, 4) is 0 Å². The van der Waals surface area contributed by atoms with Crippen molar-refractivity contribution in [1.82, 2.24) is 0 Å². The largest absolute Gasteiger partial charge is 0.345 e. The van der Waals surface area contributed by atoms with Crippen LogP contribution in [-0.2, 0) is 18.6 Å². The molecule has 0 saturated carbocycles. The van der Waals surface area contributed by atoms with E-state index in [2.05, 4.69) is 6.58 Å². The Bertz CT molecular complexity index is 224. The molecule has 0 aliphatic heterocycles. The van der Waals surface area contributed by atoms with Gasteiger partial charge >= 0.3 is 0 Å². The molecule has 0 bridgehead atoms. The number of hydrogen-bond donors (Lipinski definition) is 0. The molecule has 5 heteroatoms. The van der Waals surface area contributed by atoms with E-state index in [1.165, 1.54) is 0 Å². The molecular weight excluding hydrogens is 227 g/mol. The molecule has 1 atom stereocenters. The maximum atomic E-state index is 12.5. The fraction of sp³-hybridized carbons (Fsp3) is 0.818. The predicted molar refractivity (Wildman–Crippen MR) is 66.0 cm³/mol. The van der Waals surface area contributed by atoms with Crippen LogP contribution in [0, 0.1) is 0 Å². The summed E-state index contributed by atoms with van der Waals surface area (Å²) in [5, 5.41) is 0. The molecule has 0 aliphatic carbocycles. The Kier molecular flexibility index (Phi) is 8.86. The summed E-state index contributed by atoms with van der Waals surface area (Å²) >= 11 is 0. The molecule has 1 unspecified atom stereocenters. The van der Waals surface area contributed by atoms with E-state index in [1.807, 2.05) is 20.8 Å². The topological polar surface area (TPSA) is 44.8 Å². The van der Waals surface area contributed by atoms with E-state index in [4.69, 9.17) is 14.0 Å². The maximum absolute atomic E-state index is 12.5. The highest BCUT2D eigenvalue weighted by molar-refractivity contribution is 7.59. The van der Waals surface area contributed by atoms with Crippen molar-refractivity contribution >= 4 is 7.37 Å². The molecule has 16 heavy (non-hydrogen) atoms. The molecule has 0 aromatic carbocycles. The Labute approximate surface area is 98.4 Å². The normalized spacial score (nSPS) is 15.0. The lowest BCUT2D eigenvalue weighted by molar-refractivity contribution is -0.0888. The number of ether oxygens (including phenoxy) is 2. The van der Waals surface area contributed by atoms with Crippen LogP contribution in [0.5, 0.6) is 0 Å². The van der Waals surface area contributed by atoms with Crippen molar-refractivity contribution in [2.45, 2.75) is 33.2 Å². The van der Waals surface area contributed by atoms with Crippen LogP contribution in [0.15, 0.2) is 12.7 Å². The monoisotopic (exact) mass is 250 g/mol. The van der Waals surface area contributed by atoms with Gasteiger partial charge in [-0.25, -0.2) is 0 Å². The molecule has 0 N–H and O–H groups in total. The minimum Gasteiger partial charge on any atom is -0.345 e. The lowest BCUT2D eigenvalue weighted by Gasteiger charge is -2.26. The van der Waals surface area contributed by atoms with Crippen LogP contribution >= 0.6 is 7.37 Å². The van der Waals surface area contributed by atoms with Crippen molar-refractivity contribution < 1.29 is 18.6 Å². The lowest BCUT2D eigenvalue weighted by Crippen LogP contribution is -2.21. The van der Waals surface area contributed by atoms with Crippen LogP contribution in [-0.4, -0.2) is 32.0 Å². The molecule has 0 spiro atoms. The van der Waals surface area contributed by atoms with Crippen LogP contribution in [0.2, 0.25) is 0 Å². The standard InChI is InChI=1S/C11H23O4P/c1-5-9-10-16(12,15-8-4)11(13-6-2)14-7-3/h5,11H,1,6-10H2,2-4H3. The second-order valence-corrected chi connectivity index (χ2v) is 5.74. The molecule has 0 radical (unpaired) electrons. The van der Waals surface area contributed by atoms with Gasteiger partial charge in [0.05, 0.1) is 6.61 Å². The maximum Gasteiger partial charge on any atom is 0.257 e. The average molecular weight is 250 g/mol. The first-order chi connectivity index (χ1) is 7.64. The van der Waals surface area contributed by atoms with Gasteiger partial charge < -0.3 is 14.0 Å². The molecule has 4 nitrogen and oxygen atoms in total. The third kappa shape index (κ3) is 5.26. The summed E-state index contributed by atoms with van der Waals surface area (Å²) in [6.07, 6.45) is 2.77. The summed E-state index contributed by atoms with van der Waals surface area (Å²) < 4.78 is 28.6. The Balaban J connectivity index is 4.64. The molecular formula is C11H23O4P. The fourth-order valence-electron chi connectivity index (χ4n) is 1.28. The smallest absolute Gasteiger partial charge is 0.257 e. The Morgan fingerprint density at radius 1 is 1.19 bits per heavy atom. The van der Waals surface area contributed by atoms with Gasteiger partial charge in [-0.3, -0.25) is 4.57 Å². The summed E-state index contributed by atoms with van der Waals surface area (Å²) in [6, 6.07) is -0.748. The van der Waals surface area contributed by atoms with Crippen molar-refractivity contribution in [1.29, 1.82) is 0 Å². The highest BCUT2D eigenvalue weighted by Gasteiger charge is 2.34. The zero-order valence-electron chi connectivity index (χ0n) is 10.5. The van der Waals surface area contributed by atoms with Gasteiger partial charge in [-0.05, 0) is 27.2 Å². The quantitative estimate of drug-likeness (QED) is 0.339. The highest BCUT2D eigenvalue weighted by Crippen LogP contribution is 2.53. The van der Waals surface area contributed by atoms with Gasteiger partial charge in [-0.2, -0.15) is 0 Å². The van der Waals surface area contributed by atoms with Crippen molar-refractivity contribution in [3.63, 3.8) is 0 Å². The number of rotatable bonds is 10. The first-order valence-electron chi connectivity index (χ1n) is 5.71. The Hall–Kier alpha value is -0.150. The Morgan fingerprint density at radius 3 is 2.12 bits per heavy atom. The zero-order valence-corrected chi connectivity index (χ0v) is 11.4. The molecule has 0 amide bonds.